The first kappa shape index (κ1) is 18.5. The van der Waals surface area contributed by atoms with E-state index in [2.05, 4.69) is 10.3 Å². The van der Waals surface area contributed by atoms with Gasteiger partial charge in [0.05, 0.1) is 11.5 Å². The number of hydrogen-bond donors (Lipinski definition) is 2. The Morgan fingerprint density at radius 2 is 2.22 bits per heavy atom. The zero-order valence-corrected chi connectivity index (χ0v) is 15.9. The van der Waals surface area contributed by atoms with Crippen LogP contribution < -0.4 is 10.2 Å². The van der Waals surface area contributed by atoms with Crippen molar-refractivity contribution in [3.05, 3.63) is 23.2 Å². The first-order valence-corrected chi connectivity index (χ1v) is 9.79. The molecule has 1 aromatic carbocycles. The number of ether oxygens (including phenoxy) is 1. The van der Waals surface area contributed by atoms with Gasteiger partial charge in [-0.05, 0) is 31.0 Å². The summed E-state index contributed by atoms with van der Waals surface area (Å²) >= 11 is 6.01. The number of nitrogens with one attached hydrogen (secondary N) is 1. The zero-order chi connectivity index (χ0) is 18.9. The third kappa shape index (κ3) is 4.20. The maximum atomic E-state index is 12.6. The quantitative estimate of drug-likeness (QED) is 0.829. The van der Waals surface area contributed by atoms with Gasteiger partial charge in [-0.2, -0.15) is 4.98 Å². The topological polar surface area (TPSA) is 87.8 Å². The fourth-order valence-corrected chi connectivity index (χ4v) is 3.88. The van der Waals surface area contributed by atoms with Crippen LogP contribution in [0.3, 0.4) is 0 Å². The lowest BCUT2D eigenvalue weighted by atomic mass is 9.93. The molecule has 2 aliphatic heterocycles. The Hall–Kier alpha value is -1.83. The molecule has 146 valence electrons. The number of benzene rings is 1. The lowest BCUT2D eigenvalue weighted by molar-refractivity contribution is -0.128. The molecule has 2 aromatic rings. The number of nitrogens with zero attached hydrogens (tertiary/aromatic N) is 2. The van der Waals surface area contributed by atoms with Gasteiger partial charge in [0.1, 0.15) is 5.52 Å². The molecule has 0 bridgehead atoms. The number of aliphatic hydroxyl groups is 1. The van der Waals surface area contributed by atoms with Gasteiger partial charge in [-0.25, -0.2) is 0 Å². The molecule has 0 spiro atoms. The van der Waals surface area contributed by atoms with E-state index >= 15 is 0 Å². The van der Waals surface area contributed by atoms with Crippen molar-refractivity contribution in [3.8, 4) is 0 Å². The summed E-state index contributed by atoms with van der Waals surface area (Å²) in [5.74, 6) is -0.181. The molecule has 4 rings (SSSR count). The van der Waals surface area contributed by atoms with Gasteiger partial charge in [0.15, 0.2) is 5.58 Å². The van der Waals surface area contributed by atoms with Crippen LogP contribution in [-0.4, -0.2) is 54.4 Å². The number of hydrogen-bond acceptors (Lipinski definition) is 6. The molecule has 7 nitrogen and oxygen atoms in total. The number of halogens is 1. The van der Waals surface area contributed by atoms with Crippen molar-refractivity contribution in [3.63, 3.8) is 0 Å². The molecule has 1 atom stereocenters. The average molecular weight is 394 g/mol. The predicted octanol–water partition coefficient (Wildman–Crippen LogP) is 2.36. The van der Waals surface area contributed by atoms with Gasteiger partial charge < -0.3 is 24.5 Å². The van der Waals surface area contributed by atoms with Gasteiger partial charge in [0.2, 0.25) is 5.91 Å². The Kier molecular flexibility index (Phi) is 5.25. The van der Waals surface area contributed by atoms with Crippen molar-refractivity contribution >= 4 is 34.6 Å². The normalized spacial score (nSPS) is 22.7. The van der Waals surface area contributed by atoms with Crippen LogP contribution in [0.15, 0.2) is 22.6 Å². The first-order valence-electron chi connectivity index (χ1n) is 9.41. The minimum Gasteiger partial charge on any atom is -0.423 e. The fourth-order valence-electron chi connectivity index (χ4n) is 3.71. The summed E-state index contributed by atoms with van der Waals surface area (Å²) in [6.07, 6.45) is 2.80. The number of carbonyl (C=O) groups excluding carboxylic acids is 1. The lowest BCUT2D eigenvalue weighted by Gasteiger charge is -2.34. The van der Waals surface area contributed by atoms with E-state index in [1.165, 1.54) is 0 Å². The van der Waals surface area contributed by atoms with Gasteiger partial charge in [0.25, 0.3) is 6.01 Å². The highest BCUT2D eigenvalue weighted by molar-refractivity contribution is 6.31. The summed E-state index contributed by atoms with van der Waals surface area (Å²) < 4.78 is 11.1. The summed E-state index contributed by atoms with van der Waals surface area (Å²) in [5.41, 5.74) is 0.537. The molecule has 3 heterocycles. The molecular weight excluding hydrogens is 370 g/mol. The van der Waals surface area contributed by atoms with Crippen molar-refractivity contribution in [2.45, 2.75) is 31.3 Å². The molecule has 0 saturated carbocycles. The highest BCUT2D eigenvalue weighted by Crippen LogP contribution is 2.28. The van der Waals surface area contributed by atoms with E-state index in [-0.39, 0.29) is 18.4 Å². The summed E-state index contributed by atoms with van der Waals surface area (Å²) in [6.45, 7) is 2.68. The van der Waals surface area contributed by atoms with Crippen molar-refractivity contribution in [2.75, 3.05) is 37.7 Å². The van der Waals surface area contributed by atoms with Gasteiger partial charge in [0, 0.05) is 50.7 Å². The highest BCUT2D eigenvalue weighted by Gasteiger charge is 2.33. The van der Waals surface area contributed by atoms with Crippen molar-refractivity contribution < 1.29 is 19.1 Å². The molecule has 2 saturated heterocycles. The van der Waals surface area contributed by atoms with Crippen LogP contribution in [0.2, 0.25) is 5.02 Å². The Morgan fingerprint density at radius 1 is 1.41 bits per heavy atom. The minimum atomic E-state index is -0.859. The molecule has 1 unspecified atom stereocenters. The number of aromatic nitrogens is 1. The van der Waals surface area contributed by atoms with Crippen molar-refractivity contribution in [1.82, 2.24) is 10.3 Å². The molecule has 27 heavy (non-hydrogen) atoms. The number of carbonyl (C=O) groups is 1. The Morgan fingerprint density at radius 3 is 3.04 bits per heavy atom. The van der Waals surface area contributed by atoms with E-state index in [0.29, 0.717) is 54.7 Å². The van der Waals surface area contributed by atoms with E-state index in [1.54, 1.807) is 18.2 Å². The molecule has 2 aliphatic rings. The molecule has 1 aromatic heterocycles. The van der Waals surface area contributed by atoms with Crippen molar-refractivity contribution in [2.24, 2.45) is 5.92 Å². The Bertz CT molecular complexity index is 818. The second kappa shape index (κ2) is 7.66. The smallest absolute Gasteiger partial charge is 0.298 e. The van der Waals surface area contributed by atoms with E-state index in [9.17, 15) is 9.90 Å². The molecule has 8 heteroatoms. The van der Waals surface area contributed by atoms with Crippen LogP contribution in [-0.2, 0) is 9.53 Å². The van der Waals surface area contributed by atoms with Crippen LogP contribution in [0.5, 0.6) is 0 Å². The molecule has 1 amide bonds. The van der Waals surface area contributed by atoms with Gasteiger partial charge >= 0.3 is 0 Å². The maximum absolute atomic E-state index is 12.6. The summed E-state index contributed by atoms with van der Waals surface area (Å²) in [4.78, 5) is 19.1. The summed E-state index contributed by atoms with van der Waals surface area (Å²) in [5, 5.41) is 14.1. The molecular formula is C19H24ClN3O4. The van der Waals surface area contributed by atoms with E-state index < -0.39 is 5.60 Å². The number of anilines is 1. The van der Waals surface area contributed by atoms with Crippen LogP contribution >= 0.6 is 11.6 Å². The second-order valence-electron chi connectivity index (χ2n) is 7.45. The Labute approximate surface area is 162 Å². The van der Waals surface area contributed by atoms with Gasteiger partial charge in [-0.3, -0.25) is 4.79 Å². The fraction of sp³-hybridized carbons (Fsp3) is 0.579. The second-order valence-corrected chi connectivity index (χ2v) is 7.88. The Balaban J connectivity index is 1.38. The number of piperidine rings is 1. The molecule has 0 radical (unpaired) electrons. The predicted molar refractivity (Wildman–Crippen MR) is 102 cm³/mol. The van der Waals surface area contributed by atoms with Gasteiger partial charge in [-0.1, -0.05) is 11.6 Å². The largest absolute Gasteiger partial charge is 0.423 e. The monoisotopic (exact) mass is 393 g/mol. The van der Waals surface area contributed by atoms with E-state index in [0.717, 1.165) is 19.4 Å². The minimum absolute atomic E-state index is 0.0289. The van der Waals surface area contributed by atoms with E-state index in [1.807, 2.05) is 4.90 Å². The standard InChI is InChI=1S/C19H24ClN3O4/c20-14-3-4-16-15(10-14)22-18(27-16)23-7-1-2-13(11-23)17(24)21-12-19(25)5-8-26-9-6-19/h3-4,10,13,25H,1-2,5-9,11-12H2,(H,21,24). The summed E-state index contributed by atoms with van der Waals surface area (Å²) in [7, 11) is 0. The molecule has 0 aliphatic carbocycles. The third-order valence-corrected chi connectivity index (χ3v) is 5.65. The SMILES string of the molecule is O=C(NCC1(O)CCOCC1)C1CCCN(c2nc3cc(Cl)ccc3o2)C1. The number of fused-ring (bicyclic) bond motifs is 1. The number of rotatable bonds is 4. The first-order chi connectivity index (χ1) is 13.0. The molecule has 2 N–H and O–H groups in total. The van der Waals surface area contributed by atoms with Gasteiger partial charge in [-0.15, -0.1) is 0 Å². The number of amides is 1. The lowest BCUT2D eigenvalue weighted by Crippen LogP contribution is -2.50. The summed E-state index contributed by atoms with van der Waals surface area (Å²) in [6, 6.07) is 5.86. The van der Waals surface area contributed by atoms with Crippen molar-refractivity contribution in [1.29, 1.82) is 0 Å². The van der Waals surface area contributed by atoms with E-state index in [4.69, 9.17) is 20.8 Å². The van der Waals surface area contributed by atoms with Crippen LogP contribution in [0.25, 0.3) is 11.1 Å². The maximum Gasteiger partial charge on any atom is 0.298 e. The highest BCUT2D eigenvalue weighted by atomic mass is 35.5. The third-order valence-electron chi connectivity index (χ3n) is 5.42. The number of oxazole rings is 1. The molecule has 2 fully saturated rings. The zero-order valence-electron chi connectivity index (χ0n) is 15.1. The average Bonchev–Trinajstić information content (AvgIpc) is 3.10. The van der Waals surface area contributed by atoms with Crippen LogP contribution in [0.4, 0.5) is 6.01 Å². The van der Waals surface area contributed by atoms with Crippen LogP contribution in [0, 0.1) is 5.92 Å². The van der Waals surface area contributed by atoms with Crippen LogP contribution in [0.1, 0.15) is 25.7 Å².